The van der Waals surface area contributed by atoms with Crippen LogP contribution in [0.4, 0.5) is 0 Å². The molecule has 0 unspecified atom stereocenters. The maximum Gasteiger partial charge on any atom is 0.326 e. The third-order valence-corrected chi connectivity index (χ3v) is 4.43. The molecule has 2 aromatic rings. The van der Waals surface area contributed by atoms with Gasteiger partial charge in [0, 0.05) is 16.8 Å². The molecule has 0 aromatic heterocycles. The number of rotatable bonds is 6. The molecule has 0 aliphatic carbocycles. The van der Waals surface area contributed by atoms with E-state index in [9.17, 15) is 9.59 Å². The van der Waals surface area contributed by atoms with Crippen molar-refractivity contribution in [3.05, 3.63) is 70.2 Å². The zero-order valence-corrected chi connectivity index (χ0v) is 15.2. The van der Waals surface area contributed by atoms with E-state index >= 15 is 0 Å². The molecule has 0 N–H and O–H groups in total. The molecule has 1 aliphatic heterocycles. The highest BCUT2D eigenvalue weighted by atomic mass is 35.5. The van der Waals surface area contributed by atoms with E-state index in [-0.39, 0.29) is 25.7 Å². The molecule has 0 spiro atoms. The van der Waals surface area contributed by atoms with Gasteiger partial charge in [-0.25, -0.2) is 0 Å². The number of benzene rings is 2. The Balaban J connectivity index is 1.50. The number of halogens is 2. The summed E-state index contributed by atoms with van der Waals surface area (Å²) in [4.78, 5) is 25.7. The van der Waals surface area contributed by atoms with Crippen molar-refractivity contribution in [1.82, 2.24) is 4.90 Å². The van der Waals surface area contributed by atoms with Gasteiger partial charge in [-0.2, -0.15) is 0 Å². The minimum atomic E-state index is -0.554. The highest BCUT2D eigenvalue weighted by Gasteiger charge is 2.32. The van der Waals surface area contributed by atoms with E-state index < -0.39 is 5.97 Å². The van der Waals surface area contributed by atoms with Crippen LogP contribution in [0.3, 0.4) is 0 Å². The summed E-state index contributed by atoms with van der Waals surface area (Å²) in [5.74, 6) is -0.478. The van der Waals surface area contributed by atoms with Gasteiger partial charge < -0.3 is 9.47 Å². The quantitative estimate of drug-likeness (QED) is 0.550. The maximum atomic E-state index is 12.3. The molecule has 1 amide bonds. The molecule has 3 rings (SSSR count). The fourth-order valence-electron chi connectivity index (χ4n) is 2.60. The predicted molar refractivity (Wildman–Crippen MR) is 99.4 cm³/mol. The van der Waals surface area contributed by atoms with E-state index in [1.165, 1.54) is 4.90 Å². The average molecular weight is 392 g/mol. The Labute approximate surface area is 160 Å². The van der Waals surface area contributed by atoms with Gasteiger partial charge in [0.15, 0.2) is 5.75 Å². The smallest absolute Gasteiger partial charge is 0.326 e. The molecule has 1 heterocycles. The molecule has 0 bridgehead atoms. The van der Waals surface area contributed by atoms with Crippen molar-refractivity contribution in [3.63, 3.8) is 0 Å². The molecule has 2 aromatic carbocycles. The molecule has 0 atom stereocenters. The van der Waals surface area contributed by atoms with E-state index in [0.717, 1.165) is 5.56 Å². The number of ether oxygens (including phenoxy) is 2. The van der Waals surface area contributed by atoms with Crippen molar-refractivity contribution in [3.8, 4) is 5.75 Å². The van der Waals surface area contributed by atoms with Crippen LogP contribution in [0.1, 0.15) is 15.9 Å². The topological polar surface area (TPSA) is 55.8 Å². The predicted octanol–water partition coefficient (Wildman–Crippen LogP) is 4.04. The number of carbonyl (C=O) groups is 2. The lowest BCUT2D eigenvalue weighted by molar-refractivity contribution is -0.144. The fraction of sp³-hybridized carbons (Fsp3) is 0.158. The monoisotopic (exact) mass is 391 g/mol. The van der Waals surface area contributed by atoms with Gasteiger partial charge in [0.05, 0.1) is 10.0 Å². The van der Waals surface area contributed by atoms with Gasteiger partial charge in [-0.1, -0.05) is 54.0 Å². The molecule has 5 nitrogen and oxygen atoms in total. The minimum Gasteiger partial charge on any atom is -0.487 e. The van der Waals surface area contributed by atoms with Gasteiger partial charge in [0.25, 0.3) is 5.91 Å². The van der Waals surface area contributed by atoms with Crippen molar-refractivity contribution in [2.75, 3.05) is 19.8 Å². The molecule has 0 saturated carbocycles. The Morgan fingerprint density at radius 1 is 1.00 bits per heavy atom. The second-order valence-corrected chi connectivity index (χ2v) is 6.32. The second kappa shape index (κ2) is 7.81. The first-order chi connectivity index (χ1) is 12.5. The Morgan fingerprint density at radius 3 is 2.31 bits per heavy atom. The van der Waals surface area contributed by atoms with Gasteiger partial charge in [-0.15, -0.1) is 0 Å². The van der Waals surface area contributed by atoms with Gasteiger partial charge >= 0.3 is 5.97 Å². The summed E-state index contributed by atoms with van der Waals surface area (Å²) in [5, 5.41) is 0.751. The van der Waals surface area contributed by atoms with E-state index in [4.69, 9.17) is 32.7 Å². The SMILES string of the molecule is C=C1c2ccccc2C(=O)N1CC(=O)OCCOc1c(Cl)cccc1Cl. The summed E-state index contributed by atoms with van der Waals surface area (Å²) in [7, 11) is 0. The van der Waals surface area contributed by atoms with Gasteiger partial charge in [-0.3, -0.25) is 14.5 Å². The average Bonchev–Trinajstić information content (AvgIpc) is 2.86. The highest BCUT2D eigenvalue weighted by molar-refractivity contribution is 6.37. The summed E-state index contributed by atoms with van der Waals surface area (Å²) >= 11 is 12.0. The van der Waals surface area contributed by atoms with Crippen LogP contribution in [0.25, 0.3) is 5.70 Å². The lowest BCUT2D eigenvalue weighted by atomic mass is 10.1. The van der Waals surface area contributed by atoms with Crippen LogP contribution in [0, 0.1) is 0 Å². The number of nitrogens with zero attached hydrogens (tertiary/aromatic N) is 1. The summed E-state index contributed by atoms with van der Waals surface area (Å²) in [6, 6.07) is 12.1. The lowest BCUT2D eigenvalue weighted by Gasteiger charge is -2.16. The van der Waals surface area contributed by atoms with Crippen LogP contribution in [0.15, 0.2) is 49.0 Å². The third kappa shape index (κ3) is 3.69. The van der Waals surface area contributed by atoms with Crippen LogP contribution in [0.2, 0.25) is 10.0 Å². The van der Waals surface area contributed by atoms with Crippen molar-refractivity contribution < 1.29 is 19.1 Å². The van der Waals surface area contributed by atoms with Crippen molar-refractivity contribution in [2.24, 2.45) is 0 Å². The summed E-state index contributed by atoms with van der Waals surface area (Å²) in [6.45, 7) is 3.76. The van der Waals surface area contributed by atoms with Crippen LogP contribution in [-0.2, 0) is 9.53 Å². The van der Waals surface area contributed by atoms with E-state index in [0.29, 0.717) is 27.1 Å². The van der Waals surface area contributed by atoms with Crippen molar-refractivity contribution >= 4 is 40.8 Å². The van der Waals surface area contributed by atoms with E-state index in [2.05, 4.69) is 6.58 Å². The first-order valence-corrected chi connectivity index (χ1v) is 8.57. The van der Waals surface area contributed by atoms with Crippen LogP contribution in [0.5, 0.6) is 5.75 Å². The fourth-order valence-corrected chi connectivity index (χ4v) is 3.10. The molecule has 26 heavy (non-hydrogen) atoms. The molecular formula is C19H15Cl2NO4. The third-order valence-electron chi connectivity index (χ3n) is 3.84. The van der Waals surface area contributed by atoms with Crippen LogP contribution >= 0.6 is 23.2 Å². The standard InChI is InChI=1S/C19H15Cl2NO4/c1-12-13-5-2-3-6-14(13)19(24)22(12)11-17(23)25-9-10-26-18-15(20)7-4-8-16(18)21/h2-8H,1,9-11H2. The first kappa shape index (κ1) is 18.3. The van der Waals surface area contributed by atoms with Crippen LogP contribution < -0.4 is 4.74 Å². The van der Waals surface area contributed by atoms with Gasteiger partial charge in [0.1, 0.15) is 19.8 Å². The number of carbonyl (C=O) groups excluding carboxylic acids is 2. The molecule has 0 saturated heterocycles. The first-order valence-electron chi connectivity index (χ1n) is 7.81. The summed E-state index contributed by atoms with van der Waals surface area (Å²) in [5.41, 5.74) is 1.74. The number of hydrogen-bond donors (Lipinski definition) is 0. The number of para-hydroxylation sites is 1. The van der Waals surface area contributed by atoms with Gasteiger partial charge in [0.2, 0.25) is 0 Å². The Morgan fingerprint density at radius 2 is 1.65 bits per heavy atom. The number of hydrogen-bond acceptors (Lipinski definition) is 4. The molecule has 1 aliphatic rings. The zero-order valence-electron chi connectivity index (χ0n) is 13.7. The number of esters is 1. The number of fused-ring (bicyclic) bond motifs is 1. The summed E-state index contributed by atoms with van der Waals surface area (Å²) < 4.78 is 10.6. The molecule has 0 radical (unpaired) electrons. The lowest BCUT2D eigenvalue weighted by Crippen LogP contribution is -2.31. The minimum absolute atomic E-state index is 0.00183. The normalized spacial score (nSPS) is 12.9. The zero-order chi connectivity index (χ0) is 18.7. The maximum absolute atomic E-state index is 12.3. The number of amides is 1. The summed E-state index contributed by atoms with van der Waals surface area (Å²) in [6.07, 6.45) is 0. The molecule has 7 heteroatoms. The second-order valence-electron chi connectivity index (χ2n) is 5.50. The van der Waals surface area contributed by atoms with Crippen LogP contribution in [-0.4, -0.2) is 36.5 Å². The van der Waals surface area contributed by atoms with E-state index in [1.54, 1.807) is 36.4 Å². The Kier molecular flexibility index (Phi) is 5.49. The molecular weight excluding hydrogens is 377 g/mol. The molecule has 134 valence electrons. The Bertz CT molecular complexity index is 826. The van der Waals surface area contributed by atoms with E-state index in [1.807, 2.05) is 6.07 Å². The van der Waals surface area contributed by atoms with Crippen molar-refractivity contribution in [1.29, 1.82) is 0 Å². The Hall–Kier alpha value is -2.50. The highest BCUT2D eigenvalue weighted by Crippen LogP contribution is 2.32. The van der Waals surface area contributed by atoms with Gasteiger partial charge in [-0.05, 0) is 18.2 Å². The largest absolute Gasteiger partial charge is 0.487 e. The van der Waals surface area contributed by atoms with Crippen molar-refractivity contribution in [2.45, 2.75) is 0 Å². The molecule has 0 fully saturated rings.